The fraction of sp³-hybridized carbons (Fsp3) is 0.222. The van der Waals surface area contributed by atoms with Crippen LogP contribution in [0.5, 0.6) is 0 Å². The molecule has 1 rings (SSSR count). The number of benzene rings is 1. The zero-order valence-corrected chi connectivity index (χ0v) is 9.02. The number of halogens is 1. The highest BCUT2D eigenvalue weighted by Gasteiger charge is 2.18. The molecule has 16 heavy (non-hydrogen) atoms. The Labute approximate surface area is 97.6 Å². The van der Waals surface area contributed by atoms with Crippen molar-refractivity contribution < 1.29 is 14.8 Å². The Morgan fingerprint density at radius 1 is 1.50 bits per heavy atom. The predicted molar refractivity (Wildman–Crippen MR) is 59.7 cm³/mol. The fourth-order valence-electron chi connectivity index (χ4n) is 1.19. The summed E-state index contributed by atoms with van der Waals surface area (Å²) in [6, 6.07) is 4.83. The van der Waals surface area contributed by atoms with Crippen LogP contribution >= 0.6 is 12.4 Å². The number of hydrogen-bond donors (Lipinski definition) is 2. The van der Waals surface area contributed by atoms with Gasteiger partial charge in [-0.25, -0.2) is 0 Å². The van der Waals surface area contributed by atoms with Crippen molar-refractivity contribution in [3.63, 3.8) is 0 Å². The van der Waals surface area contributed by atoms with E-state index in [1.807, 2.05) is 0 Å². The number of nitro benzene ring substituents is 1. The third-order valence-electron chi connectivity index (χ3n) is 1.95. The largest absolute Gasteiger partial charge is 0.480 e. The van der Waals surface area contributed by atoms with Gasteiger partial charge in [0.05, 0.1) is 4.92 Å². The van der Waals surface area contributed by atoms with Crippen LogP contribution in [-0.2, 0) is 11.2 Å². The van der Waals surface area contributed by atoms with Gasteiger partial charge in [0.1, 0.15) is 6.04 Å². The maximum atomic E-state index is 10.6. The zero-order valence-electron chi connectivity index (χ0n) is 8.20. The average molecular weight is 247 g/mol. The second-order valence-corrected chi connectivity index (χ2v) is 3.03. The standard InChI is InChI=1S/C9H10N2O4.ClH/c10-7(9(12)13)5-6-3-1-2-4-8(6)11(14)15;/h1-4,7H,5,10H2,(H,12,13);1H/t7-;/m1./s1. The Balaban J connectivity index is 0.00000225. The number of hydrogen-bond acceptors (Lipinski definition) is 4. The van der Waals surface area contributed by atoms with E-state index in [1.54, 1.807) is 6.07 Å². The average Bonchev–Trinajstić information content (AvgIpc) is 2.18. The molecule has 6 nitrogen and oxygen atoms in total. The van der Waals surface area contributed by atoms with Gasteiger partial charge in [-0.3, -0.25) is 14.9 Å². The van der Waals surface area contributed by atoms with Crippen LogP contribution in [0.2, 0.25) is 0 Å². The normalized spacial score (nSPS) is 11.3. The van der Waals surface area contributed by atoms with Gasteiger partial charge in [-0.15, -0.1) is 12.4 Å². The van der Waals surface area contributed by atoms with Crippen LogP contribution in [0.1, 0.15) is 5.56 Å². The van der Waals surface area contributed by atoms with Crippen LogP contribution in [0, 0.1) is 10.1 Å². The van der Waals surface area contributed by atoms with Crippen LogP contribution in [0.3, 0.4) is 0 Å². The molecule has 1 aromatic rings. The maximum absolute atomic E-state index is 10.6. The van der Waals surface area contributed by atoms with Crippen molar-refractivity contribution in [2.75, 3.05) is 0 Å². The van der Waals surface area contributed by atoms with E-state index in [-0.39, 0.29) is 24.5 Å². The van der Waals surface area contributed by atoms with Gasteiger partial charge in [-0.2, -0.15) is 0 Å². The van der Waals surface area contributed by atoms with Crippen LogP contribution in [0.15, 0.2) is 24.3 Å². The molecule has 0 amide bonds. The van der Waals surface area contributed by atoms with E-state index in [2.05, 4.69) is 0 Å². The molecule has 0 aromatic heterocycles. The predicted octanol–water partition coefficient (Wildman–Crippen LogP) is 0.971. The van der Waals surface area contributed by atoms with Crippen molar-refractivity contribution in [2.24, 2.45) is 5.73 Å². The summed E-state index contributed by atoms with van der Waals surface area (Å²) in [7, 11) is 0. The molecule has 1 aromatic carbocycles. The van der Waals surface area contributed by atoms with Crippen LogP contribution in [-0.4, -0.2) is 22.0 Å². The molecule has 0 fully saturated rings. The summed E-state index contributed by atoms with van der Waals surface area (Å²) in [5.74, 6) is -1.17. The summed E-state index contributed by atoms with van der Waals surface area (Å²) in [5, 5.41) is 19.2. The molecule has 0 aliphatic carbocycles. The molecule has 0 aliphatic rings. The molecule has 7 heteroatoms. The Kier molecular flexibility index (Phi) is 5.41. The van der Waals surface area contributed by atoms with Crippen molar-refractivity contribution >= 4 is 24.1 Å². The summed E-state index contributed by atoms with van der Waals surface area (Å²) in [4.78, 5) is 20.5. The highest BCUT2D eigenvalue weighted by Crippen LogP contribution is 2.18. The van der Waals surface area contributed by atoms with E-state index < -0.39 is 16.9 Å². The first kappa shape index (κ1) is 14.3. The SMILES string of the molecule is Cl.N[C@H](Cc1ccccc1[N+](=O)[O-])C(=O)O. The number of carboxylic acids is 1. The molecular weight excluding hydrogens is 236 g/mol. The number of carbonyl (C=O) groups is 1. The minimum Gasteiger partial charge on any atom is -0.480 e. The van der Waals surface area contributed by atoms with Gasteiger partial charge in [-0.1, -0.05) is 18.2 Å². The van der Waals surface area contributed by atoms with E-state index >= 15 is 0 Å². The Morgan fingerprint density at radius 3 is 2.56 bits per heavy atom. The number of nitrogens with two attached hydrogens (primary N) is 1. The second-order valence-electron chi connectivity index (χ2n) is 3.03. The van der Waals surface area contributed by atoms with E-state index in [0.717, 1.165) is 0 Å². The Bertz CT molecular complexity index is 397. The molecule has 0 saturated heterocycles. The molecule has 1 atom stereocenters. The molecule has 88 valence electrons. The Hall–Kier alpha value is -1.66. The van der Waals surface area contributed by atoms with E-state index in [0.29, 0.717) is 5.56 Å². The molecule has 0 aliphatic heterocycles. The first-order valence-electron chi connectivity index (χ1n) is 4.23. The number of nitro groups is 1. The Morgan fingerprint density at radius 2 is 2.06 bits per heavy atom. The second kappa shape index (κ2) is 6.04. The molecule has 0 saturated carbocycles. The van der Waals surface area contributed by atoms with E-state index in [4.69, 9.17) is 10.8 Å². The summed E-state index contributed by atoms with van der Waals surface area (Å²) in [6.07, 6.45) is -0.0491. The summed E-state index contributed by atoms with van der Waals surface area (Å²) in [5.41, 5.74) is 5.52. The summed E-state index contributed by atoms with van der Waals surface area (Å²) in [6.45, 7) is 0. The maximum Gasteiger partial charge on any atom is 0.320 e. The fourth-order valence-corrected chi connectivity index (χ4v) is 1.19. The van der Waals surface area contributed by atoms with Gasteiger partial charge in [0, 0.05) is 18.1 Å². The minimum atomic E-state index is -1.17. The van der Waals surface area contributed by atoms with Gasteiger partial charge in [0.2, 0.25) is 0 Å². The summed E-state index contributed by atoms with van der Waals surface area (Å²) < 4.78 is 0. The third-order valence-corrected chi connectivity index (χ3v) is 1.95. The molecule has 0 unspecified atom stereocenters. The van der Waals surface area contributed by atoms with Gasteiger partial charge in [-0.05, 0) is 0 Å². The van der Waals surface area contributed by atoms with Crippen LogP contribution in [0.25, 0.3) is 0 Å². The number of rotatable bonds is 4. The zero-order chi connectivity index (χ0) is 11.4. The van der Waals surface area contributed by atoms with E-state index in [1.165, 1.54) is 18.2 Å². The van der Waals surface area contributed by atoms with Crippen LogP contribution < -0.4 is 5.73 Å². The van der Waals surface area contributed by atoms with Crippen LogP contribution in [0.4, 0.5) is 5.69 Å². The number of nitrogens with zero attached hydrogens (tertiary/aromatic N) is 1. The number of carboxylic acid groups (broad SMARTS) is 1. The molecular formula is C9H11ClN2O4. The number of aliphatic carboxylic acids is 1. The number of para-hydroxylation sites is 1. The lowest BCUT2D eigenvalue weighted by molar-refractivity contribution is -0.385. The monoisotopic (exact) mass is 246 g/mol. The molecule has 0 spiro atoms. The van der Waals surface area contributed by atoms with Gasteiger partial charge in [0.25, 0.3) is 5.69 Å². The molecule has 3 N–H and O–H groups in total. The highest BCUT2D eigenvalue weighted by molar-refractivity contribution is 5.85. The van der Waals surface area contributed by atoms with Gasteiger partial charge >= 0.3 is 5.97 Å². The van der Waals surface area contributed by atoms with Gasteiger partial charge in [0.15, 0.2) is 0 Å². The smallest absolute Gasteiger partial charge is 0.320 e. The third kappa shape index (κ3) is 3.48. The van der Waals surface area contributed by atoms with Crippen molar-refractivity contribution in [1.82, 2.24) is 0 Å². The molecule has 0 bridgehead atoms. The molecule has 0 heterocycles. The first-order valence-corrected chi connectivity index (χ1v) is 4.23. The lowest BCUT2D eigenvalue weighted by atomic mass is 10.1. The van der Waals surface area contributed by atoms with Crippen molar-refractivity contribution in [3.05, 3.63) is 39.9 Å². The minimum absolute atomic E-state index is 0. The lowest BCUT2D eigenvalue weighted by Gasteiger charge is -2.06. The topological polar surface area (TPSA) is 106 Å². The highest BCUT2D eigenvalue weighted by atomic mass is 35.5. The first-order chi connectivity index (χ1) is 7.02. The molecule has 0 radical (unpaired) electrons. The summed E-state index contributed by atoms with van der Waals surface area (Å²) >= 11 is 0. The lowest BCUT2D eigenvalue weighted by Crippen LogP contribution is -2.32. The van der Waals surface area contributed by atoms with Gasteiger partial charge < -0.3 is 10.8 Å². The van der Waals surface area contributed by atoms with Crippen molar-refractivity contribution in [2.45, 2.75) is 12.5 Å². The van der Waals surface area contributed by atoms with Crippen molar-refractivity contribution in [3.8, 4) is 0 Å². The van der Waals surface area contributed by atoms with E-state index in [9.17, 15) is 14.9 Å². The van der Waals surface area contributed by atoms with Crippen molar-refractivity contribution in [1.29, 1.82) is 0 Å². The quantitative estimate of drug-likeness (QED) is 0.608.